The van der Waals surface area contributed by atoms with Crippen molar-refractivity contribution in [2.75, 3.05) is 26.7 Å². The van der Waals surface area contributed by atoms with Gasteiger partial charge in [0.05, 0.1) is 0 Å². The Morgan fingerprint density at radius 2 is 2.24 bits per heavy atom. The summed E-state index contributed by atoms with van der Waals surface area (Å²) in [6.45, 7) is 6.67. The van der Waals surface area contributed by atoms with E-state index in [1.165, 1.54) is 37.4 Å². The van der Waals surface area contributed by atoms with Crippen molar-refractivity contribution in [2.45, 2.75) is 32.7 Å². The van der Waals surface area contributed by atoms with Crippen molar-refractivity contribution in [3.63, 3.8) is 0 Å². The van der Waals surface area contributed by atoms with Crippen molar-refractivity contribution < 1.29 is 0 Å². The third-order valence-electron chi connectivity index (χ3n) is 3.51. The molecule has 0 saturated carbocycles. The number of nitrogens with one attached hydrogen (secondary N) is 1. The Balaban J connectivity index is 1.57. The number of aromatic nitrogens is 1. The van der Waals surface area contributed by atoms with E-state index in [2.05, 4.69) is 34.6 Å². The smallest absolute Gasteiger partial charge is 0.107 e. The van der Waals surface area contributed by atoms with Crippen LogP contribution in [-0.2, 0) is 6.54 Å². The Hall–Kier alpha value is -0.450. The molecule has 0 atom stereocenters. The first-order valence-electron chi connectivity index (χ1n) is 6.54. The van der Waals surface area contributed by atoms with Crippen LogP contribution in [-0.4, -0.2) is 36.6 Å². The molecule has 96 valence electrons. The summed E-state index contributed by atoms with van der Waals surface area (Å²) in [4.78, 5) is 6.89. The molecule has 2 rings (SSSR count). The number of hydrogen-bond donors (Lipinski definition) is 1. The first-order chi connectivity index (χ1) is 8.24. The fourth-order valence-electron chi connectivity index (χ4n) is 2.34. The van der Waals surface area contributed by atoms with Crippen molar-refractivity contribution in [3.8, 4) is 0 Å². The van der Waals surface area contributed by atoms with Crippen LogP contribution in [0.1, 0.15) is 30.0 Å². The van der Waals surface area contributed by atoms with Crippen LogP contribution < -0.4 is 5.32 Å². The van der Waals surface area contributed by atoms with Crippen LogP contribution in [0.5, 0.6) is 0 Å². The lowest BCUT2D eigenvalue weighted by Gasteiger charge is -2.28. The number of thiazole rings is 1. The van der Waals surface area contributed by atoms with E-state index in [0.29, 0.717) is 0 Å². The van der Waals surface area contributed by atoms with Crippen molar-refractivity contribution in [2.24, 2.45) is 5.92 Å². The highest BCUT2D eigenvalue weighted by molar-refractivity contribution is 7.09. The van der Waals surface area contributed by atoms with Gasteiger partial charge in [0.25, 0.3) is 0 Å². The minimum atomic E-state index is 0.928. The lowest BCUT2D eigenvalue weighted by atomic mass is 9.94. The van der Waals surface area contributed by atoms with Gasteiger partial charge < -0.3 is 10.2 Å². The van der Waals surface area contributed by atoms with Gasteiger partial charge in [-0.05, 0) is 58.8 Å². The molecule has 0 radical (unpaired) electrons. The minimum Gasteiger partial charge on any atom is -0.310 e. The van der Waals surface area contributed by atoms with Gasteiger partial charge in [0, 0.05) is 17.6 Å². The van der Waals surface area contributed by atoms with E-state index in [1.807, 2.05) is 0 Å². The molecule has 1 N–H and O–H groups in total. The van der Waals surface area contributed by atoms with Gasteiger partial charge in [0.1, 0.15) is 5.01 Å². The zero-order chi connectivity index (χ0) is 12.1. The number of piperidine rings is 1. The summed E-state index contributed by atoms with van der Waals surface area (Å²) in [5.74, 6) is 0.928. The number of rotatable bonds is 5. The van der Waals surface area contributed by atoms with Crippen molar-refractivity contribution in [1.82, 2.24) is 15.2 Å². The number of likely N-dealkylation sites (tertiary alicyclic amines) is 1. The molecule has 1 aromatic rings. The molecule has 1 aliphatic heterocycles. The fourth-order valence-corrected chi connectivity index (χ4v) is 3.08. The number of hydrogen-bond acceptors (Lipinski definition) is 4. The summed E-state index contributed by atoms with van der Waals surface area (Å²) in [5, 5.41) is 6.84. The lowest BCUT2D eigenvalue weighted by Crippen LogP contribution is -2.31. The normalized spacial score (nSPS) is 18.7. The van der Waals surface area contributed by atoms with E-state index in [-0.39, 0.29) is 0 Å². The van der Waals surface area contributed by atoms with Gasteiger partial charge in [-0.15, -0.1) is 11.3 Å². The highest BCUT2D eigenvalue weighted by Gasteiger charge is 2.15. The second kappa shape index (κ2) is 6.47. The summed E-state index contributed by atoms with van der Waals surface area (Å²) in [6.07, 6.45) is 4.06. The Morgan fingerprint density at radius 1 is 1.47 bits per heavy atom. The highest BCUT2D eigenvalue weighted by Crippen LogP contribution is 2.18. The van der Waals surface area contributed by atoms with Crippen molar-refractivity contribution >= 4 is 11.3 Å². The first-order valence-corrected chi connectivity index (χ1v) is 7.42. The minimum absolute atomic E-state index is 0.928. The zero-order valence-corrected chi connectivity index (χ0v) is 11.7. The van der Waals surface area contributed by atoms with Gasteiger partial charge in [0.15, 0.2) is 0 Å². The highest BCUT2D eigenvalue weighted by atomic mass is 32.1. The van der Waals surface area contributed by atoms with E-state index < -0.39 is 0 Å². The molecule has 0 bridgehead atoms. The maximum absolute atomic E-state index is 4.45. The predicted molar refractivity (Wildman–Crippen MR) is 73.4 cm³/mol. The Morgan fingerprint density at radius 3 is 2.88 bits per heavy atom. The third kappa shape index (κ3) is 4.37. The Kier molecular flexibility index (Phi) is 4.95. The van der Waals surface area contributed by atoms with Gasteiger partial charge in [-0.1, -0.05) is 0 Å². The van der Waals surface area contributed by atoms with Gasteiger partial charge in [-0.3, -0.25) is 0 Å². The largest absolute Gasteiger partial charge is 0.310 e. The molecule has 0 amide bonds. The number of aryl methyl sites for hydroxylation is 1. The molecule has 1 aromatic heterocycles. The zero-order valence-electron chi connectivity index (χ0n) is 10.9. The summed E-state index contributed by atoms with van der Waals surface area (Å²) in [7, 11) is 2.22. The standard InChI is InChI=1S/C13H23N3S/c1-11-10-17-13(15-11)9-14-6-3-12-4-7-16(2)8-5-12/h10,12,14H,3-9H2,1-2H3. The molecular weight excluding hydrogens is 230 g/mol. The van der Waals surface area contributed by atoms with Gasteiger partial charge >= 0.3 is 0 Å². The monoisotopic (exact) mass is 253 g/mol. The Labute approximate surface area is 108 Å². The molecule has 1 saturated heterocycles. The fraction of sp³-hybridized carbons (Fsp3) is 0.769. The predicted octanol–water partition coefficient (Wildman–Crippen LogP) is 2.27. The van der Waals surface area contributed by atoms with Crippen LogP contribution in [0.25, 0.3) is 0 Å². The molecule has 17 heavy (non-hydrogen) atoms. The molecule has 1 fully saturated rings. The molecule has 0 aliphatic carbocycles. The molecule has 0 unspecified atom stereocenters. The maximum Gasteiger partial charge on any atom is 0.107 e. The summed E-state index contributed by atoms with van der Waals surface area (Å²) < 4.78 is 0. The van der Waals surface area contributed by atoms with E-state index in [1.54, 1.807) is 11.3 Å². The molecule has 0 aromatic carbocycles. The topological polar surface area (TPSA) is 28.2 Å². The maximum atomic E-state index is 4.45. The van der Waals surface area contributed by atoms with Gasteiger partial charge in [-0.2, -0.15) is 0 Å². The van der Waals surface area contributed by atoms with Crippen LogP contribution in [0.3, 0.4) is 0 Å². The average Bonchev–Trinajstić information content (AvgIpc) is 2.73. The van der Waals surface area contributed by atoms with Crippen LogP contribution in [0, 0.1) is 12.8 Å². The molecule has 0 spiro atoms. The van der Waals surface area contributed by atoms with Crippen LogP contribution >= 0.6 is 11.3 Å². The van der Waals surface area contributed by atoms with E-state index in [0.717, 1.165) is 24.7 Å². The van der Waals surface area contributed by atoms with E-state index >= 15 is 0 Å². The van der Waals surface area contributed by atoms with Crippen LogP contribution in [0.15, 0.2) is 5.38 Å². The van der Waals surface area contributed by atoms with Crippen LogP contribution in [0.2, 0.25) is 0 Å². The summed E-state index contributed by atoms with van der Waals surface area (Å²) >= 11 is 1.76. The molecule has 1 aliphatic rings. The van der Waals surface area contributed by atoms with E-state index in [4.69, 9.17) is 0 Å². The lowest BCUT2D eigenvalue weighted by molar-refractivity contribution is 0.211. The van der Waals surface area contributed by atoms with Gasteiger partial charge in [-0.25, -0.2) is 4.98 Å². The first kappa shape index (κ1) is 13.0. The Bertz CT molecular complexity index is 329. The van der Waals surface area contributed by atoms with E-state index in [9.17, 15) is 0 Å². The molecular formula is C13H23N3S. The second-order valence-corrected chi connectivity index (χ2v) is 6.04. The summed E-state index contributed by atoms with van der Waals surface area (Å²) in [5.41, 5.74) is 1.14. The number of nitrogens with zero attached hydrogens (tertiary/aromatic N) is 2. The van der Waals surface area contributed by atoms with Crippen molar-refractivity contribution in [1.29, 1.82) is 0 Å². The van der Waals surface area contributed by atoms with Crippen LogP contribution in [0.4, 0.5) is 0 Å². The quantitative estimate of drug-likeness (QED) is 0.816. The summed E-state index contributed by atoms with van der Waals surface area (Å²) in [6, 6.07) is 0. The average molecular weight is 253 g/mol. The SMILES string of the molecule is Cc1csc(CNCCC2CCN(C)CC2)n1. The van der Waals surface area contributed by atoms with Gasteiger partial charge in [0.2, 0.25) is 0 Å². The molecule has 2 heterocycles. The third-order valence-corrected chi connectivity index (χ3v) is 4.48. The second-order valence-electron chi connectivity index (χ2n) is 5.09. The van der Waals surface area contributed by atoms with Crippen molar-refractivity contribution in [3.05, 3.63) is 16.1 Å². The molecule has 3 nitrogen and oxygen atoms in total. The molecule has 4 heteroatoms.